The van der Waals surface area contributed by atoms with Gasteiger partial charge in [-0.2, -0.15) is 0 Å². The molecule has 0 fully saturated rings. The number of carboxylic acids is 2. The van der Waals surface area contributed by atoms with Crippen LogP contribution in [0.2, 0.25) is 0 Å². The summed E-state index contributed by atoms with van der Waals surface area (Å²) in [5, 5.41) is 18.0. The summed E-state index contributed by atoms with van der Waals surface area (Å²) in [6.45, 7) is 1.97. The van der Waals surface area contributed by atoms with E-state index in [0.29, 0.717) is 0 Å². The van der Waals surface area contributed by atoms with Gasteiger partial charge in [0.15, 0.2) is 22.6 Å². The number of rotatable bonds is 6. The van der Waals surface area contributed by atoms with Crippen molar-refractivity contribution in [1.82, 2.24) is 0 Å². The number of benzene rings is 1. The minimum absolute atomic E-state index is 0.294. The molecule has 8 nitrogen and oxygen atoms in total. The summed E-state index contributed by atoms with van der Waals surface area (Å²) in [6.07, 6.45) is 0. The van der Waals surface area contributed by atoms with Crippen LogP contribution in [-0.2, 0) is 9.59 Å². The van der Waals surface area contributed by atoms with Crippen LogP contribution in [0.3, 0.4) is 0 Å². The van der Waals surface area contributed by atoms with Crippen LogP contribution >= 0.6 is 0 Å². The van der Waals surface area contributed by atoms with E-state index < -0.39 is 34.6 Å². The number of Topliss-reactive ketones (excluding diaryl/α,β-unsaturated/α-hetero) is 2. The highest BCUT2D eigenvalue weighted by Crippen LogP contribution is 2.20. The maximum absolute atomic E-state index is 12.3. The molecule has 8 heteroatoms. The summed E-state index contributed by atoms with van der Waals surface area (Å²) in [6, 6.07) is 5.19. The van der Waals surface area contributed by atoms with Gasteiger partial charge in [0.1, 0.15) is 0 Å². The summed E-state index contributed by atoms with van der Waals surface area (Å²) < 4.78 is 0. The molecule has 0 amide bonds. The van der Waals surface area contributed by atoms with Gasteiger partial charge in [-0.25, -0.2) is 9.59 Å². The van der Waals surface area contributed by atoms with Gasteiger partial charge in [-0.3, -0.25) is 9.59 Å². The first-order valence-corrected chi connectivity index (χ1v) is 6.17. The second-order valence-electron chi connectivity index (χ2n) is 5.22. The first kappa shape index (κ1) is 17.5. The summed E-state index contributed by atoms with van der Waals surface area (Å²) in [4.78, 5) is 46.7. The molecule has 0 saturated carbocycles. The van der Waals surface area contributed by atoms with Crippen LogP contribution < -0.4 is 11.5 Å². The summed E-state index contributed by atoms with van der Waals surface area (Å²) in [7, 11) is 0. The van der Waals surface area contributed by atoms with Gasteiger partial charge in [0.05, 0.1) is 0 Å². The molecule has 0 aliphatic carbocycles. The zero-order valence-corrected chi connectivity index (χ0v) is 12.0. The van der Waals surface area contributed by atoms with Crippen molar-refractivity contribution >= 4 is 23.5 Å². The third-order valence-electron chi connectivity index (χ3n) is 3.25. The molecule has 0 heterocycles. The lowest BCUT2D eigenvalue weighted by Crippen LogP contribution is -2.54. The Morgan fingerprint density at radius 2 is 1.09 bits per heavy atom. The number of hydrogen-bond acceptors (Lipinski definition) is 6. The van der Waals surface area contributed by atoms with Crippen molar-refractivity contribution in [2.75, 3.05) is 0 Å². The molecule has 0 radical (unpaired) electrons. The van der Waals surface area contributed by atoms with E-state index in [-0.39, 0.29) is 11.1 Å². The highest BCUT2D eigenvalue weighted by atomic mass is 16.4. The third-order valence-corrected chi connectivity index (χ3v) is 3.25. The minimum atomic E-state index is -2.26. The number of aliphatic carboxylic acids is 2. The van der Waals surface area contributed by atoms with Gasteiger partial charge in [0.2, 0.25) is 0 Å². The number of carbonyl (C=O) groups excluding carboxylic acids is 2. The molecule has 6 N–H and O–H groups in total. The zero-order valence-electron chi connectivity index (χ0n) is 12.0. The maximum Gasteiger partial charge on any atom is 0.331 e. The number of carbonyl (C=O) groups is 4. The van der Waals surface area contributed by atoms with Crippen LogP contribution in [0.25, 0.3) is 0 Å². The number of ketones is 2. The molecular weight excluding hydrogens is 292 g/mol. The normalized spacial score (nSPS) is 16.2. The average Bonchev–Trinajstić information content (AvgIpc) is 2.45. The van der Waals surface area contributed by atoms with Crippen molar-refractivity contribution in [3.8, 4) is 0 Å². The summed E-state index contributed by atoms with van der Waals surface area (Å²) in [5.41, 5.74) is 5.82. The molecule has 1 aromatic carbocycles. The fourth-order valence-electron chi connectivity index (χ4n) is 1.63. The quantitative estimate of drug-likeness (QED) is 0.409. The highest BCUT2D eigenvalue weighted by Gasteiger charge is 2.42. The lowest BCUT2D eigenvalue weighted by Gasteiger charge is -2.22. The van der Waals surface area contributed by atoms with Gasteiger partial charge < -0.3 is 21.7 Å². The Kier molecular flexibility index (Phi) is 4.50. The fourth-order valence-corrected chi connectivity index (χ4v) is 1.63. The average molecular weight is 308 g/mol. The van der Waals surface area contributed by atoms with Crippen molar-refractivity contribution in [3.05, 3.63) is 35.4 Å². The van der Waals surface area contributed by atoms with Crippen LogP contribution in [0, 0.1) is 0 Å². The molecule has 1 aromatic rings. The minimum Gasteiger partial charge on any atom is -0.480 e. The van der Waals surface area contributed by atoms with Crippen molar-refractivity contribution in [2.45, 2.75) is 24.9 Å². The Balaban J connectivity index is 3.45. The molecule has 22 heavy (non-hydrogen) atoms. The summed E-state index contributed by atoms with van der Waals surface area (Å²) in [5.74, 6) is -5.20. The molecule has 118 valence electrons. The Morgan fingerprint density at radius 3 is 1.32 bits per heavy atom. The molecule has 0 saturated heterocycles. The second kappa shape index (κ2) is 5.66. The van der Waals surface area contributed by atoms with E-state index in [0.717, 1.165) is 13.8 Å². The highest BCUT2D eigenvalue weighted by molar-refractivity contribution is 6.23. The van der Waals surface area contributed by atoms with Crippen LogP contribution in [-0.4, -0.2) is 44.8 Å². The number of nitrogens with two attached hydrogens (primary N) is 2. The smallest absolute Gasteiger partial charge is 0.331 e. The molecule has 0 spiro atoms. The lowest BCUT2D eigenvalue weighted by molar-refractivity contribution is -0.141. The van der Waals surface area contributed by atoms with Gasteiger partial charge >= 0.3 is 11.9 Å². The molecular formula is C14H16N2O6. The molecule has 0 bridgehead atoms. The Morgan fingerprint density at radius 1 is 0.818 bits per heavy atom. The first-order valence-electron chi connectivity index (χ1n) is 6.17. The van der Waals surface area contributed by atoms with E-state index in [1.165, 1.54) is 24.3 Å². The Hall–Kier alpha value is -2.58. The van der Waals surface area contributed by atoms with Crippen LogP contribution in [0.4, 0.5) is 0 Å². The zero-order chi connectivity index (χ0) is 17.3. The van der Waals surface area contributed by atoms with E-state index in [2.05, 4.69) is 0 Å². The summed E-state index contributed by atoms with van der Waals surface area (Å²) >= 11 is 0. The van der Waals surface area contributed by atoms with Crippen molar-refractivity contribution in [2.24, 2.45) is 11.5 Å². The molecule has 0 aliphatic heterocycles. The second-order valence-corrected chi connectivity index (χ2v) is 5.22. The van der Waals surface area contributed by atoms with Gasteiger partial charge in [0, 0.05) is 11.1 Å². The topological polar surface area (TPSA) is 161 Å². The monoisotopic (exact) mass is 308 g/mol. The number of hydrogen-bond donors (Lipinski definition) is 4. The van der Waals surface area contributed by atoms with Gasteiger partial charge in [-0.05, 0) is 13.8 Å². The molecule has 1 rings (SSSR count). The largest absolute Gasteiger partial charge is 0.480 e. The van der Waals surface area contributed by atoms with Crippen molar-refractivity contribution in [3.63, 3.8) is 0 Å². The Labute approximate surface area is 125 Å². The lowest BCUT2D eigenvalue weighted by atomic mass is 9.84. The SMILES string of the molecule is C[C@](N)(C(=O)O)C(=O)c1ccccc1C(=O)[C@@](C)(N)C(=O)O. The van der Waals surface area contributed by atoms with E-state index in [1.54, 1.807) is 0 Å². The predicted octanol–water partition coefficient (Wildman–Crippen LogP) is -0.344. The van der Waals surface area contributed by atoms with Crippen LogP contribution in [0.1, 0.15) is 34.6 Å². The standard InChI is InChI=1S/C14H16N2O6/c1-13(15,11(19)20)9(17)7-5-3-4-6-8(7)10(18)14(2,16)12(21)22/h3-6H,15-16H2,1-2H3,(H,19,20)(H,21,22)/t13-,14-/m1/s1. The van der Waals surface area contributed by atoms with Gasteiger partial charge in [-0.15, -0.1) is 0 Å². The van der Waals surface area contributed by atoms with E-state index in [4.69, 9.17) is 21.7 Å². The van der Waals surface area contributed by atoms with E-state index in [1.807, 2.05) is 0 Å². The third kappa shape index (κ3) is 2.87. The number of carboxylic acid groups (broad SMARTS) is 2. The molecule has 0 aromatic heterocycles. The van der Waals surface area contributed by atoms with E-state index >= 15 is 0 Å². The fraction of sp³-hybridized carbons (Fsp3) is 0.286. The van der Waals surface area contributed by atoms with E-state index in [9.17, 15) is 19.2 Å². The van der Waals surface area contributed by atoms with Crippen LogP contribution in [0.5, 0.6) is 0 Å². The van der Waals surface area contributed by atoms with Crippen molar-refractivity contribution in [1.29, 1.82) is 0 Å². The predicted molar refractivity (Wildman–Crippen MR) is 75.6 cm³/mol. The van der Waals surface area contributed by atoms with Crippen LogP contribution in [0.15, 0.2) is 24.3 Å². The van der Waals surface area contributed by atoms with Gasteiger partial charge in [-0.1, -0.05) is 24.3 Å². The molecule has 0 aliphatic rings. The van der Waals surface area contributed by atoms with Crippen molar-refractivity contribution < 1.29 is 29.4 Å². The first-order chi connectivity index (χ1) is 9.94. The maximum atomic E-state index is 12.3. The molecule has 0 unspecified atom stereocenters. The Bertz CT molecular complexity index is 606. The van der Waals surface area contributed by atoms with Gasteiger partial charge in [0.25, 0.3) is 0 Å². The molecule has 2 atom stereocenters.